The molecule has 0 fully saturated rings. The normalized spacial score (nSPS) is 14.9. The molecule has 1 atom stereocenters. The van der Waals surface area contributed by atoms with E-state index >= 15 is 0 Å². The van der Waals surface area contributed by atoms with E-state index in [4.69, 9.17) is 4.74 Å². The number of ether oxygens (including phenoxy) is 1. The van der Waals surface area contributed by atoms with Crippen molar-refractivity contribution in [1.29, 1.82) is 0 Å². The summed E-state index contributed by atoms with van der Waals surface area (Å²) in [5, 5.41) is 10.2. The lowest BCUT2D eigenvalue weighted by atomic mass is 10.1. The van der Waals surface area contributed by atoms with E-state index in [1.165, 1.54) is 0 Å². The molecule has 21 heavy (non-hydrogen) atoms. The quantitative estimate of drug-likeness (QED) is 0.918. The number of rotatable bonds is 4. The van der Waals surface area contributed by atoms with Crippen LogP contribution in [-0.4, -0.2) is 17.5 Å². The number of Topliss-reactive ketones (excluding diaryl/α,β-unsaturated/α-hetero) is 1. The van der Waals surface area contributed by atoms with Crippen molar-refractivity contribution in [2.24, 2.45) is 0 Å². The van der Waals surface area contributed by atoms with Crippen LogP contribution in [-0.2, 0) is 6.42 Å². The Labute approximate surface area is 131 Å². The number of aliphatic hydroxyl groups excluding tert-OH is 1. The Kier molecular flexibility index (Phi) is 4.08. The van der Waals surface area contributed by atoms with Crippen LogP contribution in [0.15, 0.2) is 46.9 Å². The van der Waals surface area contributed by atoms with E-state index in [0.717, 1.165) is 27.6 Å². The van der Waals surface area contributed by atoms with Gasteiger partial charge in [0.15, 0.2) is 5.78 Å². The number of aliphatic hydroxyl groups is 1. The second kappa shape index (κ2) is 6.00. The Bertz CT molecular complexity index is 681. The third-order valence-electron chi connectivity index (χ3n) is 3.70. The van der Waals surface area contributed by atoms with Crippen LogP contribution in [0.5, 0.6) is 5.75 Å². The molecular weight excluding hydrogens is 332 g/mol. The molecule has 0 aliphatic heterocycles. The van der Waals surface area contributed by atoms with E-state index in [-0.39, 0.29) is 12.4 Å². The molecule has 1 N–H and O–H groups in total. The molecule has 0 bridgehead atoms. The summed E-state index contributed by atoms with van der Waals surface area (Å²) in [6.45, 7) is 0.160. The first-order chi connectivity index (χ1) is 10.2. The van der Waals surface area contributed by atoms with Crippen LogP contribution in [0.1, 0.15) is 34.0 Å². The molecule has 3 nitrogen and oxygen atoms in total. The molecule has 0 saturated carbocycles. The van der Waals surface area contributed by atoms with Crippen molar-refractivity contribution in [1.82, 2.24) is 0 Å². The fourth-order valence-electron chi connectivity index (χ4n) is 2.60. The van der Waals surface area contributed by atoms with Crippen LogP contribution in [0.25, 0.3) is 0 Å². The fourth-order valence-corrected chi connectivity index (χ4v) is 3.15. The lowest BCUT2D eigenvalue weighted by molar-refractivity contribution is 0.0994. The van der Waals surface area contributed by atoms with Crippen molar-refractivity contribution in [2.45, 2.75) is 18.9 Å². The SMILES string of the molecule is O=C1CCc2c(OCC(O)c3ccccc3Br)cccc21. The molecule has 108 valence electrons. The summed E-state index contributed by atoms with van der Waals surface area (Å²) >= 11 is 3.42. The van der Waals surface area contributed by atoms with Crippen molar-refractivity contribution in [2.75, 3.05) is 6.61 Å². The summed E-state index contributed by atoms with van der Waals surface area (Å²) in [5.41, 5.74) is 2.51. The molecule has 2 aromatic carbocycles. The molecule has 1 aliphatic rings. The zero-order valence-electron chi connectivity index (χ0n) is 11.4. The molecule has 4 heteroatoms. The lowest BCUT2D eigenvalue weighted by Gasteiger charge is -2.15. The average molecular weight is 347 g/mol. The summed E-state index contributed by atoms with van der Waals surface area (Å²) in [5.74, 6) is 0.867. The first-order valence-corrected chi connectivity index (χ1v) is 7.66. The molecule has 3 rings (SSSR count). The summed E-state index contributed by atoms with van der Waals surface area (Å²) < 4.78 is 6.60. The van der Waals surface area contributed by atoms with E-state index in [0.29, 0.717) is 12.2 Å². The van der Waals surface area contributed by atoms with Crippen LogP contribution in [0, 0.1) is 0 Å². The van der Waals surface area contributed by atoms with Gasteiger partial charge in [-0.15, -0.1) is 0 Å². The topological polar surface area (TPSA) is 46.5 Å². The molecule has 2 aromatic rings. The Morgan fingerprint density at radius 3 is 2.76 bits per heavy atom. The van der Waals surface area contributed by atoms with Crippen molar-refractivity contribution in [3.8, 4) is 5.75 Å². The van der Waals surface area contributed by atoms with E-state index in [1.807, 2.05) is 42.5 Å². The third-order valence-corrected chi connectivity index (χ3v) is 4.42. The molecule has 0 amide bonds. The van der Waals surface area contributed by atoms with Gasteiger partial charge in [0.1, 0.15) is 18.5 Å². The number of fused-ring (bicyclic) bond motifs is 1. The first-order valence-electron chi connectivity index (χ1n) is 6.87. The van der Waals surface area contributed by atoms with Gasteiger partial charge in [-0.3, -0.25) is 4.79 Å². The van der Waals surface area contributed by atoms with Gasteiger partial charge in [0.25, 0.3) is 0 Å². The van der Waals surface area contributed by atoms with Gasteiger partial charge in [-0.05, 0) is 24.1 Å². The number of halogens is 1. The lowest BCUT2D eigenvalue weighted by Crippen LogP contribution is -2.11. The summed E-state index contributed by atoms with van der Waals surface area (Å²) in [4.78, 5) is 11.7. The van der Waals surface area contributed by atoms with Gasteiger partial charge in [-0.2, -0.15) is 0 Å². The number of carbonyl (C=O) groups is 1. The molecule has 1 unspecified atom stereocenters. The smallest absolute Gasteiger partial charge is 0.163 e. The highest BCUT2D eigenvalue weighted by Gasteiger charge is 2.23. The largest absolute Gasteiger partial charge is 0.490 e. The summed E-state index contributed by atoms with van der Waals surface area (Å²) in [7, 11) is 0. The van der Waals surface area contributed by atoms with Crippen LogP contribution in [0.4, 0.5) is 0 Å². The highest BCUT2D eigenvalue weighted by molar-refractivity contribution is 9.10. The predicted molar refractivity (Wildman–Crippen MR) is 83.7 cm³/mol. The first kappa shape index (κ1) is 14.3. The van der Waals surface area contributed by atoms with Crippen molar-refractivity contribution in [3.63, 3.8) is 0 Å². The van der Waals surface area contributed by atoms with E-state index in [9.17, 15) is 9.90 Å². The second-order valence-corrected chi connectivity index (χ2v) is 5.91. The minimum absolute atomic E-state index is 0.160. The van der Waals surface area contributed by atoms with Crippen LogP contribution in [0.3, 0.4) is 0 Å². The maximum atomic E-state index is 11.7. The van der Waals surface area contributed by atoms with Gasteiger partial charge in [0, 0.05) is 22.0 Å². The molecule has 1 aliphatic carbocycles. The summed E-state index contributed by atoms with van der Waals surface area (Å²) in [6.07, 6.45) is 0.548. The Hall–Kier alpha value is -1.65. The number of benzene rings is 2. The van der Waals surface area contributed by atoms with Gasteiger partial charge in [0.2, 0.25) is 0 Å². The molecule has 0 radical (unpaired) electrons. The van der Waals surface area contributed by atoms with E-state index in [1.54, 1.807) is 0 Å². The van der Waals surface area contributed by atoms with Gasteiger partial charge in [-0.1, -0.05) is 46.3 Å². The Morgan fingerprint density at radius 2 is 1.95 bits per heavy atom. The number of hydrogen-bond donors (Lipinski definition) is 1. The van der Waals surface area contributed by atoms with E-state index in [2.05, 4.69) is 15.9 Å². The van der Waals surface area contributed by atoms with E-state index < -0.39 is 6.10 Å². The zero-order valence-corrected chi connectivity index (χ0v) is 13.0. The highest BCUT2D eigenvalue weighted by atomic mass is 79.9. The third kappa shape index (κ3) is 2.87. The standard InChI is InChI=1S/C17H15BrO3/c18-14-6-2-1-4-13(14)16(20)10-21-17-7-3-5-11-12(17)8-9-15(11)19/h1-7,16,20H,8-10H2. The second-order valence-electron chi connectivity index (χ2n) is 5.05. The van der Waals surface area contributed by atoms with Gasteiger partial charge >= 0.3 is 0 Å². The molecule has 0 aromatic heterocycles. The maximum absolute atomic E-state index is 11.7. The number of ketones is 1. The van der Waals surface area contributed by atoms with Crippen molar-refractivity contribution >= 4 is 21.7 Å². The van der Waals surface area contributed by atoms with Crippen molar-refractivity contribution in [3.05, 3.63) is 63.6 Å². The van der Waals surface area contributed by atoms with Crippen LogP contribution >= 0.6 is 15.9 Å². The highest BCUT2D eigenvalue weighted by Crippen LogP contribution is 2.31. The maximum Gasteiger partial charge on any atom is 0.163 e. The summed E-state index contributed by atoms with van der Waals surface area (Å²) in [6, 6.07) is 13.0. The van der Waals surface area contributed by atoms with Gasteiger partial charge < -0.3 is 9.84 Å². The average Bonchev–Trinajstić information content (AvgIpc) is 2.87. The predicted octanol–water partition coefficient (Wildman–Crippen LogP) is 3.69. The van der Waals surface area contributed by atoms with Gasteiger partial charge in [0.05, 0.1) is 0 Å². The number of hydrogen-bond acceptors (Lipinski definition) is 3. The van der Waals surface area contributed by atoms with Crippen LogP contribution in [0.2, 0.25) is 0 Å². The fraction of sp³-hybridized carbons (Fsp3) is 0.235. The molecule has 0 spiro atoms. The minimum Gasteiger partial charge on any atom is -0.490 e. The van der Waals surface area contributed by atoms with Crippen LogP contribution < -0.4 is 4.74 Å². The Morgan fingerprint density at radius 1 is 1.14 bits per heavy atom. The molecule has 0 heterocycles. The molecular formula is C17H15BrO3. The molecule has 0 saturated heterocycles. The number of carbonyl (C=O) groups excluding carboxylic acids is 1. The van der Waals surface area contributed by atoms with Gasteiger partial charge in [-0.25, -0.2) is 0 Å². The zero-order chi connectivity index (χ0) is 14.8. The Balaban J connectivity index is 1.74. The minimum atomic E-state index is -0.714. The monoisotopic (exact) mass is 346 g/mol. The van der Waals surface area contributed by atoms with Crippen molar-refractivity contribution < 1.29 is 14.6 Å².